The maximum absolute atomic E-state index is 10.7. The highest BCUT2D eigenvalue weighted by molar-refractivity contribution is 9.10. The minimum Gasteiger partial charge on any atom is -0.388 e. The predicted octanol–water partition coefficient (Wildman–Crippen LogP) is 4.56. The summed E-state index contributed by atoms with van der Waals surface area (Å²) >= 11 is 3.61. The maximum atomic E-state index is 10.7. The van der Waals surface area contributed by atoms with Crippen molar-refractivity contribution < 1.29 is 5.11 Å². The zero-order valence-corrected chi connectivity index (χ0v) is 13.5. The van der Waals surface area contributed by atoms with Gasteiger partial charge < -0.3 is 10.4 Å². The van der Waals surface area contributed by atoms with Crippen molar-refractivity contribution in [2.45, 2.75) is 58.0 Å². The van der Waals surface area contributed by atoms with E-state index in [9.17, 15) is 5.11 Å². The van der Waals surface area contributed by atoms with Gasteiger partial charge in [0.25, 0.3) is 0 Å². The molecule has 2 rings (SSSR count). The first kappa shape index (κ1) is 14.9. The SMILES string of the molecule is Cc1cc(C)c(NCC2(O)CCCCCC2)c(Br)c1. The second-order valence-corrected chi connectivity index (χ2v) is 6.79. The number of aliphatic hydroxyl groups is 1. The molecule has 1 fully saturated rings. The van der Waals surface area contributed by atoms with Gasteiger partial charge in [0.1, 0.15) is 0 Å². The van der Waals surface area contributed by atoms with Crippen molar-refractivity contribution in [3.63, 3.8) is 0 Å². The molecule has 0 aliphatic heterocycles. The quantitative estimate of drug-likeness (QED) is 0.798. The van der Waals surface area contributed by atoms with E-state index in [2.05, 4.69) is 47.2 Å². The average molecular weight is 326 g/mol. The number of benzene rings is 1. The van der Waals surface area contributed by atoms with Crippen LogP contribution in [-0.2, 0) is 0 Å². The first-order chi connectivity index (χ1) is 9.00. The standard InChI is InChI=1S/C16H24BrNO/c1-12-9-13(2)15(14(17)10-12)18-11-16(19)7-5-3-4-6-8-16/h9-10,18-19H,3-8,11H2,1-2H3. The lowest BCUT2D eigenvalue weighted by Gasteiger charge is -2.28. The van der Waals surface area contributed by atoms with Crippen LogP contribution in [0.3, 0.4) is 0 Å². The van der Waals surface area contributed by atoms with Gasteiger partial charge in [0, 0.05) is 11.0 Å². The Morgan fingerprint density at radius 1 is 1.16 bits per heavy atom. The van der Waals surface area contributed by atoms with Gasteiger partial charge in [-0.25, -0.2) is 0 Å². The summed E-state index contributed by atoms with van der Waals surface area (Å²) in [4.78, 5) is 0. The highest BCUT2D eigenvalue weighted by atomic mass is 79.9. The maximum Gasteiger partial charge on any atom is 0.0819 e. The molecule has 1 saturated carbocycles. The van der Waals surface area contributed by atoms with E-state index < -0.39 is 5.60 Å². The van der Waals surface area contributed by atoms with Crippen molar-refractivity contribution in [3.05, 3.63) is 27.7 Å². The molecule has 0 spiro atoms. The largest absolute Gasteiger partial charge is 0.388 e. The number of halogens is 1. The van der Waals surface area contributed by atoms with E-state index in [1.165, 1.54) is 24.0 Å². The van der Waals surface area contributed by atoms with E-state index >= 15 is 0 Å². The zero-order chi connectivity index (χ0) is 13.9. The van der Waals surface area contributed by atoms with Crippen molar-refractivity contribution in [2.24, 2.45) is 0 Å². The Morgan fingerprint density at radius 3 is 2.37 bits per heavy atom. The molecule has 0 atom stereocenters. The topological polar surface area (TPSA) is 32.3 Å². The molecule has 19 heavy (non-hydrogen) atoms. The predicted molar refractivity (Wildman–Crippen MR) is 84.8 cm³/mol. The molecule has 1 aromatic rings. The highest BCUT2D eigenvalue weighted by Gasteiger charge is 2.27. The molecular formula is C16H24BrNO. The summed E-state index contributed by atoms with van der Waals surface area (Å²) in [5.41, 5.74) is 3.06. The van der Waals surface area contributed by atoms with E-state index in [1.54, 1.807) is 0 Å². The molecule has 106 valence electrons. The highest BCUT2D eigenvalue weighted by Crippen LogP contribution is 2.31. The molecule has 1 aliphatic carbocycles. The number of hydrogen-bond acceptors (Lipinski definition) is 2. The molecule has 1 aliphatic rings. The summed E-state index contributed by atoms with van der Waals surface area (Å²) in [6.45, 7) is 4.85. The van der Waals surface area contributed by atoms with Crippen LogP contribution in [0.4, 0.5) is 5.69 Å². The Morgan fingerprint density at radius 2 is 1.79 bits per heavy atom. The fourth-order valence-electron chi connectivity index (χ4n) is 2.96. The van der Waals surface area contributed by atoms with Gasteiger partial charge in [0.2, 0.25) is 0 Å². The van der Waals surface area contributed by atoms with Crippen LogP contribution in [0.25, 0.3) is 0 Å². The lowest BCUT2D eigenvalue weighted by atomic mass is 9.94. The fraction of sp³-hybridized carbons (Fsp3) is 0.625. The van der Waals surface area contributed by atoms with Gasteiger partial charge in [-0.15, -0.1) is 0 Å². The minimum absolute atomic E-state index is 0.534. The smallest absolute Gasteiger partial charge is 0.0819 e. The lowest BCUT2D eigenvalue weighted by molar-refractivity contribution is 0.0381. The van der Waals surface area contributed by atoms with Gasteiger partial charge in [-0.3, -0.25) is 0 Å². The lowest BCUT2D eigenvalue weighted by Crippen LogP contribution is -2.36. The van der Waals surface area contributed by atoms with Crippen molar-refractivity contribution in [1.82, 2.24) is 0 Å². The fourth-order valence-corrected chi connectivity index (χ4v) is 3.77. The molecule has 0 heterocycles. The molecule has 0 bridgehead atoms. The summed E-state index contributed by atoms with van der Waals surface area (Å²) < 4.78 is 1.09. The Kier molecular flexibility index (Phi) is 4.91. The Balaban J connectivity index is 2.05. The molecule has 0 unspecified atom stereocenters. The summed E-state index contributed by atoms with van der Waals surface area (Å²) in [5, 5.41) is 14.1. The third-order valence-electron chi connectivity index (χ3n) is 4.06. The molecule has 0 aromatic heterocycles. The van der Waals surface area contributed by atoms with E-state index in [1.807, 2.05) is 0 Å². The Bertz CT molecular complexity index is 413. The first-order valence-electron chi connectivity index (χ1n) is 7.23. The van der Waals surface area contributed by atoms with E-state index in [4.69, 9.17) is 0 Å². The molecule has 3 heteroatoms. The van der Waals surface area contributed by atoms with Crippen LogP contribution in [0, 0.1) is 13.8 Å². The van der Waals surface area contributed by atoms with Crippen LogP contribution in [0.1, 0.15) is 49.7 Å². The Hall–Kier alpha value is -0.540. The summed E-state index contributed by atoms with van der Waals surface area (Å²) in [6, 6.07) is 4.29. The molecule has 0 radical (unpaired) electrons. The van der Waals surface area contributed by atoms with Gasteiger partial charge in [-0.2, -0.15) is 0 Å². The van der Waals surface area contributed by atoms with Crippen LogP contribution >= 0.6 is 15.9 Å². The molecule has 2 N–H and O–H groups in total. The monoisotopic (exact) mass is 325 g/mol. The number of hydrogen-bond donors (Lipinski definition) is 2. The van der Waals surface area contributed by atoms with Crippen LogP contribution in [0.5, 0.6) is 0 Å². The van der Waals surface area contributed by atoms with Gasteiger partial charge in [0.05, 0.1) is 11.3 Å². The average Bonchev–Trinajstić information content (AvgIpc) is 2.53. The number of rotatable bonds is 3. The van der Waals surface area contributed by atoms with Gasteiger partial charge >= 0.3 is 0 Å². The van der Waals surface area contributed by atoms with Crippen LogP contribution < -0.4 is 5.32 Å². The second kappa shape index (κ2) is 6.27. The normalized spacial score (nSPS) is 18.9. The molecule has 2 nitrogen and oxygen atoms in total. The summed E-state index contributed by atoms with van der Waals surface area (Å²) in [7, 11) is 0. The van der Waals surface area contributed by atoms with Gasteiger partial charge in [0.15, 0.2) is 0 Å². The second-order valence-electron chi connectivity index (χ2n) is 5.93. The number of anilines is 1. The first-order valence-corrected chi connectivity index (χ1v) is 8.02. The number of nitrogens with one attached hydrogen (secondary N) is 1. The minimum atomic E-state index is -0.534. The molecule has 1 aromatic carbocycles. The van der Waals surface area contributed by atoms with Crippen molar-refractivity contribution in [3.8, 4) is 0 Å². The molecule has 0 saturated heterocycles. The zero-order valence-electron chi connectivity index (χ0n) is 11.9. The molecule has 0 amide bonds. The van der Waals surface area contributed by atoms with Crippen LogP contribution in [0.15, 0.2) is 16.6 Å². The molecular weight excluding hydrogens is 302 g/mol. The van der Waals surface area contributed by atoms with Gasteiger partial charge in [-0.05, 0) is 59.8 Å². The van der Waals surface area contributed by atoms with Crippen LogP contribution in [-0.4, -0.2) is 17.3 Å². The van der Waals surface area contributed by atoms with Crippen LogP contribution in [0.2, 0.25) is 0 Å². The third kappa shape index (κ3) is 3.96. The summed E-state index contributed by atoms with van der Waals surface area (Å²) in [6.07, 6.45) is 6.65. The van der Waals surface area contributed by atoms with Crippen molar-refractivity contribution >= 4 is 21.6 Å². The van der Waals surface area contributed by atoms with E-state index in [0.29, 0.717) is 6.54 Å². The Labute approximate surface area is 124 Å². The number of aryl methyl sites for hydroxylation is 2. The van der Waals surface area contributed by atoms with E-state index in [-0.39, 0.29) is 0 Å². The van der Waals surface area contributed by atoms with Crippen molar-refractivity contribution in [1.29, 1.82) is 0 Å². The third-order valence-corrected chi connectivity index (χ3v) is 4.69. The van der Waals surface area contributed by atoms with Crippen molar-refractivity contribution in [2.75, 3.05) is 11.9 Å². The van der Waals surface area contributed by atoms with E-state index in [0.717, 1.165) is 35.8 Å². The summed E-state index contributed by atoms with van der Waals surface area (Å²) in [5.74, 6) is 0. The van der Waals surface area contributed by atoms with Gasteiger partial charge in [-0.1, -0.05) is 31.7 Å².